The number of hydrogen-bond donors (Lipinski definition) is 1. The Morgan fingerprint density at radius 2 is 1.93 bits per heavy atom. The Bertz CT molecular complexity index is 760. The smallest absolute Gasteiger partial charge is 0.327 e. The molecule has 1 N–H and O–H groups in total. The van der Waals surface area contributed by atoms with E-state index in [1.807, 2.05) is 20.8 Å². The second-order valence-corrected chi connectivity index (χ2v) is 8.09. The molecule has 0 bridgehead atoms. The minimum absolute atomic E-state index is 0.00384. The molecule has 3 rings (SSSR count). The van der Waals surface area contributed by atoms with Gasteiger partial charge in [-0.15, -0.1) is 0 Å². The van der Waals surface area contributed by atoms with Crippen LogP contribution in [0.15, 0.2) is 6.07 Å². The largest absolute Gasteiger partial charge is 0.395 e. The molecule has 3 heterocycles. The highest BCUT2D eigenvalue weighted by Gasteiger charge is 2.58. The number of aliphatic hydroxyl groups excluding tert-OH is 1. The standard InChI is InChI=1S/C19H29N5O4/c1-13(2)12-24-18(28)23(9-10-25)17(27)19(24)5-7-22(8-6-19)16(26)15-11-14(3)21(4)20-15/h11,13,25H,5-10,12H2,1-4H3. The number of amides is 4. The predicted molar refractivity (Wildman–Crippen MR) is 102 cm³/mol. The van der Waals surface area contributed by atoms with Crippen molar-refractivity contribution < 1.29 is 19.5 Å². The van der Waals surface area contributed by atoms with Crippen molar-refractivity contribution in [1.82, 2.24) is 24.5 Å². The highest BCUT2D eigenvalue weighted by atomic mass is 16.3. The van der Waals surface area contributed by atoms with Crippen molar-refractivity contribution in [3.05, 3.63) is 17.5 Å². The molecule has 2 aliphatic heterocycles. The van der Waals surface area contributed by atoms with Gasteiger partial charge < -0.3 is 14.9 Å². The summed E-state index contributed by atoms with van der Waals surface area (Å²) in [5.74, 6) is -0.204. The zero-order valence-corrected chi connectivity index (χ0v) is 17.0. The van der Waals surface area contributed by atoms with Crippen LogP contribution in [-0.4, -0.2) is 85.8 Å². The van der Waals surface area contributed by atoms with Crippen LogP contribution in [0.1, 0.15) is 42.9 Å². The van der Waals surface area contributed by atoms with Crippen LogP contribution in [0.5, 0.6) is 0 Å². The number of piperidine rings is 1. The Kier molecular flexibility index (Phi) is 5.47. The van der Waals surface area contributed by atoms with Gasteiger partial charge in [-0.05, 0) is 31.7 Å². The highest BCUT2D eigenvalue weighted by Crippen LogP contribution is 2.38. The Morgan fingerprint density at radius 1 is 1.29 bits per heavy atom. The van der Waals surface area contributed by atoms with Gasteiger partial charge in [-0.25, -0.2) is 4.79 Å². The summed E-state index contributed by atoms with van der Waals surface area (Å²) in [6.45, 7) is 6.88. The van der Waals surface area contributed by atoms with Crippen molar-refractivity contribution in [1.29, 1.82) is 0 Å². The molecule has 154 valence electrons. The van der Waals surface area contributed by atoms with Crippen molar-refractivity contribution in [2.45, 2.75) is 39.2 Å². The Labute approximate surface area is 164 Å². The molecule has 4 amide bonds. The van der Waals surface area contributed by atoms with Crippen molar-refractivity contribution in [3.8, 4) is 0 Å². The van der Waals surface area contributed by atoms with Crippen molar-refractivity contribution in [2.75, 3.05) is 32.8 Å². The molecule has 1 spiro atoms. The van der Waals surface area contributed by atoms with E-state index in [1.165, 1.54) is 0 Å². The van der Waals surface area contributed by atoms with E-state index in [-0.39, 0.29) is 36.9 Å². The molecule has 0 unspecified atom stereocenters. The Balaban J connectivity index is 1.79. The second kappa shape index (κ2) is 7.54. The summed E-state index contributed by atoms with van der Waals surface area (Å²) in [5, 5.41) is 13.5. The molecular formula is C19H29N5O4. The van der Waals surface area contributed by atoms with Gasteiger partial charge in [0.15, 0.2) is 5.69 Å². The van der Waals surface area contributed by atoms with E-state index in [0.717, 1.165) is 10.6 Å². The van der Waals surface area contributed by atoms with E-state index in [1.54, 1.807) is 27.6 Å². The van der Waals surface area contributed by atoms with Gasteiger partial charge >= 0.3 is 6.03 Å². The van der Waals surface area contributed by atoms with Gasteiger partial charge in [0.2, 0.25) is 0 Å². The van der Waals surface area contributed by atoms with E-state index in [2.05, 4.69) is 5.10 Å². The number of hydrogen-bond acceptors (Lipinski definition) is 5. The molecule has 28 heavy (non-hydrogen) atoms. The van der Waals surface area contributed by atoms with E-state index in [0.29, 0.717) is 38.2 Å². The normalized spacial score (nSPS) is 19.4. The summed E-state index contributed by atoms with van der Waals surface area (Å²) in [7, 11) is 1.79. The van der Waals surface area contributed by atoms with Gasteiger partial charge in [-0.1, -0.05) is 13.8 Å². The number of carbonyl (C=O) groups is 3. The third-order valence-electron chi connectivity index (χ3n) is 5.70. The topological polar surface area (TPSA) is 99.0 Å². The number of imide groups is 1. The summed E-state index contributed by atoms with van der Waals surface area (Å²) in [4.78, 5) is 43.2. The van der Waals surface area contributed by atoms with Crippen molar-refractivity contribution in [2.24, 2.45) is 13.0 Å². The lowest BCUT2D eigenvalue weighted by Crippen LogP contribution is -2.58. The maximum absolute atomic E-state index is 13.1. The molecule has 1 aromatic heterocycles. The number of aliphatic hydroxyl groups is 1. The van der Waals surface area contributed by atoms with Crippen LogP contribution >= 0.6 is 0 Å². The van der Waals surface area contributed by atoms with Crippen LogP contribution in [0, 0.1) is 12.8 Å². The van der Waals surface area contributed by atoms with Crippen LogP contribution in [0.3, 0.4) is 0 Å². The summed E-state index contributed by atoms with van der Waals surface area (Å²) >= 11 is 0. The molecule has 0 aromatic carbocycles. The Hall–Kier alpha value is -2.42. The van der Waals surface area contributed by atoms with E-state index < -0.39 is 5.54 Å². The molecule has 0 aliphatic carbocycles. The quantitative estimate of drug-likeness (QED) is 0.742. The zero-order valence-electron chi connectivity index (χ0n) is 17.0. The highest BCUT2D eigenvalue weighted by molar-refractivity contribution is 6.07. The molecule has 2 fully saturated rings. The van der Waals surface area contributed by atoms with Crippen LogP contribution in [0.4, 0.5) is 4.79 Å². The van der Waals surface area contributed by atoms with Gasteiger partial charge in [0.1, 0.15) is 5.54 Å². The first-order valence-corrected chi connectivity index (χ1v) is 9.75. The molecule has 9 nitrogen and oxygen atoms in total. The number of nitrogens with zero attached hydrogens (tertiary/aromatic N) is 5. The Morgan fingerprint density at radius 3 is 2.43 bits per heavy atom. The van der Waals surface area contributed by atoms with E-state index in [9.17, 15) is 19.5 Å². The van der Waals surface area contributed by atoms with Crippen LogP contribution in [0.2, 0.25) is 0 Å². The number of likely N-dealkylation sites (tertiary alicyclic amines) is 1. The summed E-state index contributed by atoms with van der Waals surface area (Å²) in [5.41, 5.74) is 0.370. The van der Waals surface area contributed by atoms with Gasteiger partial charge in [0, 0.05) is 32.4 Å². The average molecular weight is 391 g/mol. The maximum Gasteiger partial charge on any atom is 0.327 e. The molecule has 0 saturated carbocycles. The van der Waals surface area contributed by atoms with Gasteiger partial charge in [0.25, 0.3) is 11.8 Å². The lowest BCUT2D eigenvalue weighted by Gasteiger charge is -2.42. The third kappa shape index (κ3) is 3.28. The second-order valence-electron chi connectivity index (χ2n) is 8.09. The SMILES string of the molecule is Cc1cc(C(=O)N2CCC3(CC2)C(=O)N(CCO)C(=O)N3CC(C)C)nn1C. The number of carbonyl (C=O) groups excluding carboxylic acids is 3. The first kappa shape index (κ1) is 20.3. The van der Waals surface area contributed by atoms with Crippen LogP contribution < -0.4 is 0 Å². The summed E-state index contributed by atoms with van der Waals surface area (Å²) < 4.78 is 1.66. The number of rotatable bonds is 5. The maximum atomic E-state index is 13.1. The van der Waals surface area contributed by atoms with Crippen LogP contribution in [-0.2, 0) is 11.8 Å². The fourth-order valence-corrected chi connectivity index (χ4v) is 4.09. The van der Waals surface area contributed by atoms with Crippen LogP contribution in [0.25, 0.3) is 0 Å². The zero-order chi connectivity index (χ0) is 20.6. The molecular weight excluding hydrogens is 362 g/mol. The summed E-state index contributed by atoms with van der Waals surface area (Å²) in [6, 6.07) is 1.42. The molecule has 9 heteroatoms. The van der Waals surface area contributed by atoms with Gasteiger partial charge in [-0.3, -0.25) is 19.2 Å². The first-order chi connectivity index (χ1) is 13.2. The molecule has 0 radical (unpaired) electrons. The monoisotopic (exact) mass is 391 g/mol. The number of aryl methyl sites for hydroxylation is 2. The minimum atomic E-state index is -0.923. The van der Waals surface area contributed by atoms with E-state index in [4.69, 9.17) is 0 Å². The molecule has 2 aliphatic rings. The minimum Gasteiger partial charge on any atom is -0.395 e. The summed E-state index contributed by atoms with van der Waals surface area (Å²) in [6.07, 6.45) is 0.785. The molecule has 1 aromatic rings. The lowest BCUT2D eigenvalue weighted by molar-refractivity contribution is -0.135. The lowest BCUT2D eigenvalue weighted by atomic mass is 9.85. The van der Waals surface area contributed by atoms with Gasteiger partial charge in [-0.2, -0.15) is 5.10 Å². The fourth-order valence-electron chi connectivity index (χ4n) is 4.09. The molecule has 2 saturated heterocycles. The first-order valence-electron chi connectivity index (χ1n) is 9.75. The van der Waals surface area contributed by atoms with Gasteiger partial charge in [0.05, 0.1) is 13.2 Å². The number of urea groups is 1. The number of aromatic nitrogens is 2. The third-order valence-corrected chi connectivity index (χ3v) is 5.70. The fraction of sp³-hybridized carbons (Fsp3) is 0.684. The van der Waals surface area contributed by atoms with Crippen molar-refractivity contribution >= 4 is 17.8 Å². The van der Waals surface area contributed by atoms with E-state index >= 15 is 0 Å². The predicted octanol–water partition coefficient (Wildman–Crippen LogP) is 0.616. The average Bonchev–Trinajstić information content (AvgIpc) is 3.08. The number of β-amino-alcohol motifs (C(OH)–C–C–N with tert-alkyl or cyclic N) is 1. The van der Waals surface area contributed by atoms with Crippen molar-refractivity contribution in [3.63, 3.8) is 0 Å². The molecule has 0 atom stereocenters.